The molecule has 0 aromatic rings. The van der Waals surface area contributed by atoms with Gasteiger partial charge in [-0.3, -0.25) is 0 Å². The number of nitrogens with zero attached hydrogens (tertiary/aromatic N) is 1. The molecule has 1 saturated carbocycles. The first-order valence-corrected chi connectivity index (χ1v) is 3.35. The Hall–Kier alpha value is -0.0400. The summed E-state index contributed by atoms with van der Waals surface area (Å²) in [6.07, 6.45) is 1.46. The number of hydrogen-bond donors (Lipinski definition) is 0. The molecule has 0 aromatic carbocycles. The van der Waals surface area contributed by atoms with Gasteiger partial charge >= 0.3 is 0 Å². The lowest BCUT2D eigenvalue weighted by Gasteiger charge is -2.06. The van der Waals surface area contributed by atoms with Gasteiger partial charge in [-0.1, -0.05) is 6.92 Å². The zero-order valence-corrected chi connectivity index (χ0v) is 6.02. The molecule has 1 unspecified atom stereocenters. The summed E-state index contributed by atoms with van der Waals surface area (Å²) in [7, 11) is 4.29. The number of hydrogen-bond acceptors (Lipinski definition) is 1. The van der Waals surface area contributed by atoms with E-state index in [-0.39, 0.29) is 0 Å². The Morgan fingerprint density at radius 2 is 2.00 bits per heavy atom. The first-order chi connectivity index (χ1) is 3.70. The fraction of sp³-hybridized carbons (Fsp3) is 1.00. The third-order valence-corrected chi connectivity index (χ3v) is 1.88. The number of rotatable bonds is 2. The van der Waals surface area contributed by atoms with Crippen molar-refractivity contribution in [2.75, 3.05) is 20.6 Å². The molecule has 1 aliphatic rings. The minimum Gasteiger partial charge on any atom is -0.309 e. The van der Waals surface area contributed by atoms with Crippen molar-refractivity contribution in [2.45, 2.75) is 13.3 Å². The van der Waals surface area contributed by atoms with Crippen LogP contribution in [0, 0.1) is 11.8 Å². The van der Waals surface area contributed by atoms with Gasteiger partial charge in [0.05, 0.1) is 0 Å². The summed E-state index contributed by atoms with van der Waals surface area (Å²) in [6.45, 7) is 3.62. The predicted molar refractivity (Wildman–Crippen MR) is 35.8 cm³/mol. The van der Waals surface area contributed by atoms with E-state index >= 15 is 0 Å². The van der Waals surface area contributed by atoms with Crippen molar-refractivity contribution in [3.8, 4) is 0 Å². The molecular weight excluding hydrogens is 98.1 g/mol. The van der Waals surface area contributed by atoms with E-state index < -0.39 is 0 Å². The van der Waals surface area contributed by atoms with E-state index in [0.29, 0.717) is 0 Å². The molecule has 8 heavy (non-hydrogen) atoms. The lowest BCUT2D eigenvalue weighted by molar-refractivity contribution is 0.381. The Bertz CT molecular complexity index is 78.5. The third-order valence-electron chi connectivity index (χ3n) is 1.88. The molecule has 1 rings (SSSR count). The van der Waals surface area contributed by atoms with Crippen molar-refractivity contribution in [3.63, 3.8) is 0 Å². The molecule has 1 nitrogen and oxygen atoms in total. The maximum absolute atomic E-state index is 2.33. The standard InChI is InChI=1S/C7H15N/c1-6-4-7(6)5-8(2)3/h6-7H,4-5H2,1-3H3/t6-,7?/m0/s1. The quantitative estimate of drug-likeness (QED) is 0.520. The molecule has 48 valence electrons. The van der Waals surface area contributed by atoms with E-state index in [2.05, 4.69) is 25.9 Å². The fourth-order valence-corrected chi connectivity index (χ4v) is 1.12. The zero-order chi connectivity index (χ0) is 6.15. The first kappa shape index (κ1) is 6.09. The fourth-order valence-electron chi connectivity index (χ4n) is 1.12. The van der Waals surface area contributed by atoms with Gasteiger partial charge in [-0.25, -0.2) is 0 Å². The van der Waals surface area contributed by atoms with Crippen molar-refractivity contribution < 1.29 is 0 Å². The van der Waals surface area contributed by atoms with Crippen LogP contribution in [0.5, 0.6) is 0 Å². The molecule has 1 aliphatic carbocycles. The Balaban J connectivity index is 2.05. The largest absolute Gasteiger partial charge is 0.309 e. The second-order valence-electron chi connectivity index (χ2n) is 3.24. The molecule has 0 radical (unpaired) electrons. The van der Waals surface area contributed by atoms with Gasteiger partial charge in [0.1, 0.15) is 0 Å². The molecule has 1 fully saturated rings. The topological polar surface area (TPSA) is 3.24 Å². The summed E-state index contributed by atoms with van der Waals surface area (Å²) in [6, 6.07) is 0. The Morgan fingerprint density at radius 1 is 1.50 bits per heavy atom. The summed E-state index contributed by atoms with van der Waals surface area (Å²) >= 11 is 0. The molecule has 0 aliphatic heterocycles. The van der Waals surface area contributed by atoms with E-state index in [4.69, 9.17) is 0 Å². The van der Waals surface area contributed by atoms with E-state index in [1.54, 1.807) is 0 Å². The van der Waals surface area contributed by atoms with Crippen LogP contribution in [0.25, 0.3) is 0 Å². The van der Waals surface area contributed by atoms with Crippen LogP contribution < -0.4 is 0 Å². The Kier molecular flexibility index (Phi) is 1.57. The van der Waals surface area contributed by atoms with Crippen LogP contribution in [0.3, 0.4) is 0 Å². The van der Waals surface area contributed by atoms with Gasteiger partial charge < -0.3 is 4.90 Å². The van der Waals surface area contributed by atoms with Gasteiger partial charge in [0, 0.05) is 6.54 Å². The van der Waals surface area contributed by atoms with Gasteiger partial charge in [-0.15, -0.1) is 0 Å². The molecule has 0 aromatic heterocycles. The van der Waals surface area contributed by atoms with Gasteiger partial charge in [0.2, 0.25) is 0 Å². The van der Waals surface area contributed by atoms with E-state index in [9.17, 15) is 0 Å². The monoisotopic (exact) mass is 113 g/mol. The third kappa shape index (κ3) is 1.48. The van der Waals surface area contributed by atoms with Crippen molar-refractivity contribution in [1.29, 1.82) is 0 Å². The van der Waals surface area contributed by atoms with E-state index in [1.165, 1.54) is 13.0 Å². The molecule has 0 N–H and O–H groups in total. The van der Waals surface area contributed by atoms with Crippen LogP contribution in [0.4, 0.5) is 0 Å². The SMILES string of the molecule is C[C@H]1CC1CN(C)C. The van der Waals surface area contributed by atoms with Crippen LogP contribution in [-0.4, -0.2) is 25.5 Å². The van der Waals surface area contributed by atoms with Crippen molar-refractivity contribution in [2.24, 2.45) is 11.8 Å². The highest BCUT2D eigenvalue weighted by atomic mass is 15.1. The molecule has 0 heterocycles. The van der Waals surface area contributed by atoms with Gasteiger partial charge in [-0.2, -0.15) is 0 Å². The normalized spacial score (nSPS) is 36.0. The summed E-state index contributed by atoms with van der Waals surface area (Å²) in [5, 5.41) is 0. The summed E-state index contributed by atoms with van der Waals surface area (Å²) in [5.41, 5.74) is 0. The highest BCUT2D eigenvalue weighted by Crippen LogP contribution is 2.37. The summed E-state index contributed by atoms with van der Waals surface area (Å²) in [4.78, 5) is 2.27. The molecule has 0 bridgehead atoms. The lowest BCUT2D eigenvalue weighted by atomic mass is 10.3. The summed E-state index contributed by atoms with van der Waals surface area (Å²) in [5.74, 6) is 2.03. The van der Waals surface area contributed by atoms with Crippen LogP contribution in [0.2, 0.25) is 0 Å². The molecule has 1 heteroatoms. The smallest absolute Gasteiger partial charge is 0.000621 e. The van der Waals surface area contributed by atoms with Gasteiger partial charge in [0.15, 0.2) is 0 Å². The lowest BCUT2D eigenvalue weighted by Crippen LogP contribution is -2.14. The van der Waals surface area contributed by atoms with Crippen molar-refractivity contribution >= 4 is 0 Å². The highest BCUT2D eigenvalue weighted by molar-refractivity contribution is 4.83. The molecule has 2 atom stereocenters. The van der Waals surface area contributed by atoms with E-state index in [0.717, 1.165) is 11.8 Å². The summed E-state index contributed by atoms with van der Waals surface area (Å²) < 4.78 is 0. The maximum Gasteiger partial charge on any atom is 0.000621 e. The predicted octanol–water partition coefficient (Wildman–Crippen LogP) is 1.20. The second-order valence-corrected chi connectivity index (χ2v) is 3.24. The van der Waals surface area contributed by atoms with Crippen LogP contribution >= 0.6 is 0 Å². The molecule has 0 spiro atoms. The Morgan fingerprint density at radius 3 is 2.12 bits per heavy atom. The Labute approximate surface area is 51.7 Å². The average Bonchev–Trinajstić information content (AvgIpc) is 2.17. The second kappa shape index (κ2) is 2.06. The van der Waals surface area contributed by atoms with Crippen molar-refractivity contribution in [3.05, 3.63) is 0 Å². The highest BCUT2D eigenvalue weighted by Gasteiger charge is 2.32. The van der Waals surface area contributed by atoms with Crippen LogP contribution in [0.15, 0.2) is 0 Å². The molecule has 0 saturated heterocycles. The van der Waals surface area contributed by atoms with Crippen LogP contribution in [-0.2, 0) is 0 Å². The minimum absolute atomic E-state index is 1.01. The van der Waals surface area contributed by atoms with Gasteiger partial charge in [-0.05, 0) is 32.4 Å². The minimum atomic E-state index is 1.01. The van der Waals surface area contributed by atoms with Crippen molar-refractivity contribution in [1.82, 2.24) is 4.90 Å². The van der Waals surface area contributed by atoms with Gasteiger partial charge in [0.25, 0.3) is 0 Å². The molecular formula is C7H15N. The van der Waals surface area contributed by atoms with E-state index in [1.807, 2.05) is 0 Å². The maximum atomic E-state index is 2.33. The first-order valence-electron chi connectivity index (χ1n) is 3.35. The van der Waals surface area contributed by atoms with Crippen LogP contribution in [0.1, 0.15) is 13.3 Å². The zero-order valence-electron chi connectivity index (χ0n) is 6.02. The average molecular weight is 113 g/mol. The molecule has 0 amide bonds.